The number of nitrogens with zero attached hydrogens (tertiary/aromatic N) is 2. The van der Waals surface area contributed by atoms with Crippen LogP contribution in [0.15, 0.2) is 12.4 Å². The Kier molecular flexibility index (Phi) is 2.69. The standard InChI is InChI=1S/C16H22N2O2/c1-9(16(19)20)18-3-2-17-15(18)14-12-5-10-4-11(7-12)8-13(14)6-10/h2-3,9-14H,4-8H2,1H3,(H,19,20). The number of carbonyl (C=O) groups is 1. The smallest absolute Gasteiger partial charge is 0.326 e. The van der Waals surface area contributed by atoms with E-state index in [4.69, 9.17) is 0 Å². The molecule has 0 saturated heterocycles. The van der Waals surface area contributed by atoms with Crippen LogP contribution in [0.4, 0.5) is 0 Å². The molecule has 0 aromatic carbocycles. The normalized spacial score (nSPS) is 40.0. The van der Waals surface area contributed by atoms with Gasteiger partial charge in [-0.3, -0.25) is 0 Å². The highest BCUT2D eigenvalue weighted by Gasteiger charge is 2.50. The van der Waals surface area contributed by atoms with Crippen molar-refractivity contribution in [3.63, 3.8) is 0 Å². The van der Waals surface area contributed by atoms with Crippen molar-refractivity contribution >= 4 is 5.97 Å². The zero-order valence-electron chi connectivity index (χ0n) is 11.9. The van der Waals surface area contributed by atoms with Gasteiger partial charge in [-0.1, -0.05) is 0 Å². The maximum Gasteiger partial charge on any atom is 0.326 e. The molecule has 1 heterocycles. The molecule has 4 saturated carbocycles. The lowest BCUT2D eigenvalue weighted by molar-refractivity contribution is -0.140. The zero-order valence-corrected chi connectivity index (χ0v) is 11.9. The SMILES string of the molecule is CC(C(=O)O)n1ccnc1C1C2CC3CC(C2)CC1C3. The van der Waals surface area contributed by atoms with E-state index in [9.17, 15) is 9.90 Å². The first-order chi connectivity index (χ1) is 9.63. The van der Waals surface area contributed by atoms with Crippen LogP contribution in [0.1, 0.15) is 56.8 Å². The Morgan fingerprint density at radius 2 is 1.85 bits per heavy atom. The molecule has 0 amide bonds. The van der Waals surface area contributed by atoms with Crippen LogP contribution in [0.2, 0.25) is 0 Å². The minimum atomic E-state index is -0.770. The van der Waals surface area contributed by atoms with E-state index in [-0.39, 0.29) is 0 Å². The Labute approximate surface area is 119 Å². The molecule has 5 rings (SSSR count). The molecule has 1 unspecified atom stereocenters. The second-order valence-corrected chi connectivity index (χ2v) is 7.16. The summed E-state index contributed by atoms with van der Waals surface area (Å²) in [5.41, 5.74) is 0. The van der Waals surface area contributed by atoms with Gasteiger partial charge in [0.2, 0.25) is 0 Å². The van der Waals surface area contributed by atoms with Crippen molar-refractivity contribution in [3.05, 3.63) is 18.2 Å². The molecule has 1 aromatic heterocycles. The molecule has 4 heteroatoms. The van der Waals surface area contributed by atoms with Gasteiger partial charge in [0.1, 0.15) is 11.9 Å². The van der Waals surface area contributed by atoms with Crippen molar-refractivity contribution < 1.29 is 9.90 Å². The van der Waals surface area contributed by atoms with Crippen LogP contribution < -0.4 is 0 Å². The summed E-state index contributed by atoms with van der Waals surface area (Å²) < 4.78 is 1.90. The Morgan fingerprint density at radius 1 is 1.25 bits per heavy atom. The predicted octanol–water partition coefficient (Wildman–Crippen LogP) is 3.07. The van der Waals surface area contributed by atoms with E-state index >= 15 is 0 Å². The first kappa shape index (κ1) is 12.4. The maximum absolute atomic E-state index is 11.3. The second kappa shape index (κ2) is 4.34. The monoisotopic (exact) mass is 274 g/mol. The summed E-state index contributed by atoms with van der Waals surface area (Å²) in [4.78, 5) is 15.9. The summed E-state index contributed by atoms with van der Waals surface area (Å²) in [6.07, 6.45) is 10.4. The minimum absolute atomic E-state index is 0.500. The zero-order chi connectivity index (χ0) is 13.9. The Morgan fingerprint density at radius 3 is 2.40 bits per heavy atom. The Balaban J connectivity index is 1.68. The Bertz CT molecular complexity index is 508. The van der Waals surface area contributed by atoms with Crippen molar-refractivity contribution in [2.24, 2.45) is 23.7 Å². The molecule has 4 bridgehead atoms. The van der Waals surface area contributed by atoms with E-state index in [1.165, 1.54) is 32.1 Å². The Hall–Kier alpha value is -1.32. The number of carboxylic acid groups (broad SMARTS) is 1. The van der Waals surface area contributed by atoms with Gasteiger partial charge in [-0.25, -0.2) is 9.78 Å². The molecule has 0 aliphatic heterocycles. The van der Waals surface area contributed by atoms with E-state index in [1.54, 1.807) is 13.1 Å². The van der Waals surface area contributed by atoms with Gasteiger partial charge in [-0.15, -0.1) is 0 Å². The van der Waals surface area contributed by atoms with Crippen LogP contribution in [0.5, 0.6) is 0 Å². The van der Waals surface area contributed by atoms with Gasteiger partial charge < -0.3 is 9.67 Å². The fraction of sp³-hybridized carbons (Fsp3) is 0.750. The lowest BCUT2D eigenvalue weighted by atomic mass is 9.51. The van der Waals surface area contributed by atoms with Gasteiger partial charge in [0.25, 0.3) is 0 Å². The average Bonchev–Trinajstić information content (AvgIpc) is 2.85. The summed E-state index contributed by atoms with van der Waals surface area (Å²) in [5.74, 6) is 4.13. The fourth-order valence-electron chi connectivity index (χ4n) is 5.38. The maximum atomic E-state index is 11.3. The van der Waals surface area contributed by atoms with Crippen LogP contribution in [0.3, 0.4) is 0 Å². The van der Waals surface area contributed by atoms with E-state index in [2.05, 4.69) is 4.98 Å². The third-order valence-electron chi connectivity index (χ3n) is 6.00. The highest BCUT2D eigenvalue weighted by molar-refractivity contribution is 5.71. The molecule has 20 heavy (non-hydrogen) atoms. The van der Waals surface area contributed by atoms with E-state index < -0.39 is 12.0 Å². The average molecular weight is 274 g/mol. The first-order valence-corrected chi connectivity index (χ1v) is 7.89. The molecule has 0 spiro atoms. The third kappa shape index (κ3) is 1.73. The summed E-state index contributed by atoms with van der Waals surface area (Å²) in [6, 6.07) is -0.510. The second-order valence-electron chi connectivity index (χ2n) is 7.16. The molecule has 108 valence electrons. The molecule has 4 nitrogen and oxygen atoms in total. The van der Waals surface area contributed by atoms with Gasteiger partial charge in [0.15, 0.2) is 0 Å². The summed E-state index contributed by atoms with van der Waals surface area (Å²) in [7, 11) is 0. The van der Waals surface area contributed by atoms with Crippen LogP contribution in [0.25, 0.3) is 0 Å². The summed E-state index contributed by atoms with van der Waals surface area (Å²) in [5, 5.41) is 9.28. The number of aromatic nitrogens is 2. The van der Waals surface area contributed by atoms with Crippen molar-refractivity contribution in [1.82, 2.24) is 9.55 Å². The quantitative estimate of drug-likeness (QED) is 0.921. The van der Waals surface area contributed by atoms with E-state index in [1.807, 2.05) is 10.8 Å². The molecule has 1 atom stereocenters. The number of hydrogen-bond donors (Lipinski definition) is 1. The molecule has 1 N–H and O–H groups in total. The largest absolute Gasteiger partial charge is 0.480 e. The molecule has 4 fully saturated rings. The highest BCUT2D eigenvalue weighted by Crippen LogP contribution is 2.59. The topological polar surface area (TPSA) is 55.1 Å². The highest BCUT2D eigenvalue weighted by atomic mass is 16.4. The first-order valence-electron chi connectivity index (χ1n) is 7.89. The summed E-state index contributed by atoms with van der Waals surface area (Å²) >= 11 is 0. The number of aliphatic carboxylic acids is 1. The number of carboxylic acids is 1. The molecular formula is C16H22N2O2. The number of rotatable bonds is 3. The van der Waals surface area contributed by atoms with Gasteiger partial charge in [-0.2, -0.15) is 0 Å². The molecule has 1 aromatic rings. The van der Waals surface area contributed by atoms with Crippen molar-refractivity contribution in [1.29, 1.82) is 0 Å². The third-order valence-corrected chi connectivity index (χ3v) is 6.00. The van der Waals surface area contributed by atoms with Gasteiger partial charge >= 0.3 is 5.97 Å². The van der Waals surface area contributed by atoms with Crippen LogP contribution >= 0.6 is 0 Å². The molecular weight excluding hydrogens is 252 g/mol. The lowest BCUT2D eigenvalue weighted by Gasteiger charge is -2.54. The van der Waals surface area contributed by atoms with Crippen LogP contribution in [0, 0.1) is 23.7 Å². The van der Waals surface area contributed by atoms with E-state index in [0.717, 1.165) is 29.5 Å². The van der Waals surface area contributed by atoms with Gasteiger partial charge in [-0.05, 0) is 62.7 Å². The molecule has 0 radical (unpaired) electrons. The predicted molar refractivity (Wildman–Crippen MR) is 74.4 cm³/mol. The van der Waals surface area contributed by atoms with Crippen molar-refractivity contribution in [3.8, 4) is 0 Å². The van der Waals surface area contributed by atoms with Crippen molar-refractivity contribution in [2.45, 2.75) is 51.0 Å². The summed E-state index contributed by atoms with van der Waals surface area (Å²) in [6.45, 7) is 1.75. The number of imidazole rings is 1. The van der Waals surface area contributed by atoms with Crippen LogP contribution in [-0.4, -0.2) is 20.6 Å². The van der Waals surface area contributed by atoms with Gasteiger partial charge in [0.05, 0.1) is 0 Å². The van der Waals surface area contributed by atoms with E-state index in [0.29, 0.717) is 5.92 Å². The van der Waals surface area contributed by atoms with Gasteiger partial charge in [0, 0.05) is 18.3 Å². The number of hydrogen-bond acceptors (Lipinski definition) is 2. The lowest BCUT2D eigenvalue weighted by Crippen LogP contribution is -2.44. The minimum Gasteiger partial charge on any atom is -0.480 e. The molecule has 4 aliphatic rings. The fourth-order valence-corrected chi connectivity index (χ4v) is 5.38. The molecule has 4 aliphatic carbocycles. The van der Waals surface area contributed by atoms with Crippen LogP contribution in [-0.2, 0) is 4.79 Å². The van der Waals surface area contributed by atoms with Crippen molar-refractivity contribution in [2.75, 3.05) is 0 Å².